The molecule has 1 fully saturated rings. The van der Waals surface area contributed by atoms with Crippen LogP contribution >= 0.6 is 0 Å². The fourth-order valence-electron chi connectivity index (χ4n) is 0.999. The van der Waals surface area contributed by atoms with Crippen LogP contribution in [0.1, 0.15) is 6.42 Å². The van der Waals surface area contributed by atoms with Gasteiger partial charge in [0.05, 0.1) is 5.75 Å². The van der Waals surface area contributed by atoms with Crippen molar-refractivity contribution in [1.29, 1.82) is 0 Å². The zero-order chi connectivity index (χ0) is 8.48. The molecule has 6 heteroatoms. The summed E-state index contributed by atoms with van der Waals surface area (Å²) in [6.45, 7) is -0.527. The summed E-state index contributed by atoms with van der Waals surface area (Å²) in [5.41, 5.74) is 0. The van der Waals surface area contributed by atoms with E-state index in [-0.39, 0.29) is 12.3 Å². The summed E-state index contributed by atoms with van der Waals surface area (Å²) in [4.78, 5) is 10.7. The van der Waals surface area contributed by atoms with Gasteiger partial charge in [0.2, 0.25) is 10.0 Å². The van der Waals surface area contributed by atoms with E-state index >= 15 is 0 Å². The number of rotatable bonds is 1. The number of carbonyl (C=O) groups excluding carboxylic acids is 1. The number of hydrogen-bond donors (Lipinski definition) is 1. The molecule has 1 rings (SSSR count). The van der Waals surface area contributed by atoms with Crippen molar-refractivity contribution in [3.8, 4) is 0 Å². The van der Waals surface area contributed by atoms with Gasteiger partial charge in [-0.15, -0.1) is 0 Å². The zero-order valence-electron chi connectivity index (χ0n) is 5.86. The number of aliphatic hydroxyl groups is 1. The Morgan fingerprint density at radius 3 is 2.55 bits per heavy atom. The Kier molecular flexibility index (Phi) is 2.15. The van der Waals surface area contributed by atoms with E-state index in [1.165, 1.54) is 0 Å². The van der Waals surface area contributed by atoms with Crippen LogP contribution in [0.15, 0.2) is 0 Å². The summed E-state index contributed by atoms with van der Waals surface area (Å²) >= 11 is 0. The van der Waals surface area contributed by atoms with Gasteiger partial charge >= 0.3 is 0 Å². The molecule has 0 radical (unpaired) electrons. The van der Waals surface area contributed by atoms with Crippen LogP contribution in [0.3, 0.4) is 0 Å². The normalized spacial score (nSPS) is 22.1. The van der Waals surface area contributed by atoms with Crippen LogP contribution in [0, 0.1) is 0 Å². The molecule has 0 unspecified atom stereocenters. The minimum Gasteiger partial charge on any atom is -0.386 e. The maximum Gasteiger partial charge on any atom is 0.261 e. The highest BCUT2D eigenvalue weighted by Gasteiger charge is 2.31. The Morgan fingerprint density at radius 2 is 2.18 bits per heavy atom. The quantitative estimate of drug-likeness (QED) is 0.534. The zero-order valence-corrected chi connectivity index (χ0v) is 6.67. The lowest BCUT2D eigenvalue weighted by Crippen LogP contribution is -2.34. The summed E-state index contributed by atoms with van der Waals surface area (Å²) in [7, 11) is -3.37. The fourth-order valence-corrected chi connectivity index (χ4v) is 2.49. The summed E-state index contributed by atoms with van der Waals surface area (Å²) < 4.78 is 22.6. The first kappa shape index (κ1) is 8.48. The van der Waals surface area contributed by atoms with Crippen LogP contribution in [-0.2, 0) is 14.8 Å². The second-order valence-electron chi connectivity index (χ2n) is 2.29. The van der Waals surface area contributed by atoms with Gasteiger partial charge in [-0.25, -0.2) is 12.7 Å². The predicted molar refractivity (Wildman–Crippen MR) is 37.2 cm³/mol. The lowest BCUT2D eigenvalue weighted by molar-refractivity contribution is -0.129. The molecule has 1 N–H and O–H groups in total. The largest absolute Gasteiger partial charge is 0.386 e. The molecule has 5 nitrogen and oxygen atoms in total. The van der Waals surface area contributed by atoms with Crippen LogP contribution in [-0.4, -0.2) is 42.6 Å². The van der Waals surface area contributed by atoms with Crippen molar-refractivity contribution in [1.82, 2.24) is 4.31 Å². The summed E-state index contributed by atoms with van der Waals surface area (Å²) in [6.07, 6.45) is 0.466. The lowest BCUT2D eigenvalue weighted by Gasteiger charge is -2.11. The van der Waals surface area contributed by atoms with E-state index in [1.807, 2.05) is 0 Å². The maximum atomic E-state index is 11.0. The van der Waals surface area contributed by atoms with Gasteiger partial charge in [-0.3, -0.25) is 4.79 Å². The molecule has 1 saturated heterocycles. The number of hydrogen-bond acceptors (Lipinski definition) is 4. The smallest absolute Gasteiger partial charge is 0.261 e. The lowest BCUT2D eigenvalue weighted by atomic mass is 10.5. The Bertz CT molecular complexity index is 258. The predicted octanol–water partition coefficient (Wildman–Crippen LogP) is -1.46. The first-order valence-corrected chi connectivity index (χ1v) is 4.83. The van der Waals surface area contributed by atoms with Gasteiger partial charge in [0.25, 0.3) is 5.91 Å². The highest BCUT2D eigenvalue weighted by Crippen LogP contribution is 2.12. The van der Waals surface area contributed by atoms with Gasteiger partial charge < -0.3 is 5.11 Å². The van der Waals surface area contributed by atoms with E-state index in [4.69, 9.17) is 5.11 Å². The molecule has 0 aromatic carbocycles. The van der Waals surface area contributed by atoms with E-state index in [0.717, 1.165) is 4.31 Å². The van der Waals surface area contributed by atoms with Crippen molar-refractivity contribution in [3.63, 3.8) is 0 Å². The molecule has 0 spiro atoms. The highest BCUT2D eigenvalue weighted by molar-refractivity contribution is 7.89. The molecule has 0 bridgehead atoms. The molecule has 11 heavy (non-hydrogen) atoms. The van der Waals surface area contributed by atoms with Gasteiger partial charge in [-0.1, -0.05) is 0 Å². The maximum absolute atomic E-state index is 11.0. The third kappa shape index (κ3) is 1.51. The van der Waals surface area contributed by atoms with E-state index in [2.05, 4.69) is 0 Å². The molecule has 0 saturated carbocycles. The van der Waals surface area contributed by atoms with Gasteiger partial charge in [-0.2, -0.15) is 0 Å². The van der Waals surface area contributed by atoms with Gasteiger partial charge in [0, 0.05) is 6.54 Å². The molecule has 0 aliphatic carbocycles. The number of amides is 1. The topological polar surface area (TPSA) is 74.7 Å². The van der Waals surface area contributed by atoms with Crippen molar-refractivity contribution in [3.05, 3.63) is 0 Å². The molecule has 64 valence electrons. The van der Waals surface area contributed by atoms with Crippen LogP contribution < -0.4 is 0 Å². The summed E-state index contributed by atoms with van der Waals surface area (Å²) in [5.74, 6) is -0.721. The first-order chi connectivity index (χ1) is 5.08. The Labute approximate surface area is 64.7 Å². The number of nitrogens with zero attached hydrogens (tertiary/aromatic N) is 1. The molecular weight excluding hydrogens is 170 g/mol. The molecule has 1 aliphatic heterocycles. The minimum absolute atomic E-state index is 0.0126. The number of aliphatic hydroxyl groups excluding tert-OH is 1. The van der Waals surface area contributed by atoms with E-state index in [0.29, 0.717) is 6.42 Å². The molecule has 0 aromatic rings. The standard InChI is InChI=1S/C5H9NO4S/c7-4-5(8)6-2-1-3-11(6,9)10/h7H,1-4H2. The molecule has 1 amide bonds. The van der Waals surface area contributed by atoms with Gasteiger partial charge in [0.15, 0.2) is 0 Å². The average Bonchev–Trinajstić information content (AvgIpc) is 2.28. The Balaban J connectivity index is 2.82. The third-order valence-electron chi connectivity index (χ3n) is 1.51. The van der Waals surface area contributed by atoms with Crippen molar-refractivity contribution in [2.75, 3.05) is 18.9 Å². The van der Waals surface area contributed by atoms with Crippen molar-refractivity contribution >= 4 is 15.9 Å². The van der Waals surface area contributed by atoms with E-state index in [9.17, 15) is 13.2 Å². The molecule has 0 aromatic heterocycles. The molecule has 1 aliphatic rings. The molecular formula is C5H9NO4S. The average molecular weight is 179 g/mol. The first-order valence-electron chi connectivity index (χ1n) is 3.22. The third-order valence-corrected chi connectivity index (χ3v) is 3.38. The van der Waals surface area contributed by atoms with Gasteiger partial charge in [-0.05, 0) is 6.42 Å². The second-order valence-corrected chi connectivity index (χ2v) is 4.31. The minimum atomic E-state index is -3.37. The molecule has 0 atom stereocenters. The Morgan fingerprint density at radius 1 is 1.55 bits per heavy atom. The summed E-state index contributed by atoms with van der Waals surface area (Å²) in [6, 6.07) is 0. The van der Waals surface area contributed by atoms with E-state index in [1.54, 1.807) is 0 Å². The van der Waals surface area contributed by atoms with Crippen molar-refractivity contribution in [2.45, 2.75) is 6.42 Å². The van der Waals surface area contributed by atoms with Crippen molar-refractivity contribution in [2.24, 2.45) is 0 Å². The fraction of sp³-hybridized carbons (Fsp3) is 0.800. The van der Waals surface area contributed by atoms with Crippen LogP contribution in [0.5, 0.6) is 0 Å². The SMILES string of the molecule is O=C(CO)N1CCCS1(=O)=O. The summed E-state index contributed by atoms with van der Waals surface area (Å²) in [5, 5.41) is 8.37. The Hall–Kier alpha value is -0.620. The second kappa shape index (κ2) is 2.78. The highest BCUT2D eigenvalue weighted by atomic mass is 32.2. The monoisotopic (exact) mass is 179 g/mol. The van der Waals surface area contributed by atoms with Crippen LogP contribution in [0.4, 0.5) is 0 Å². The van der Waals surface area contributed by atoms with Gasteiger partial charge in [0.1, 0.15) is 6.61 Å². The van der Waals surface area contributed by atoms with Crippen molar-refractivity contribution < 1.29 is 18.3 Å². The number of carbonyl (C=O) groups is 1. The molecule has 1 heterocycles. The van der Waals surface area contributed by atoms with Crippen LogP contribution in [0.2, 0.25) is 0 Å². The van der Waals surface area contributed by atoms with Crippen LogP contribution in [0.25, 0.3) is 0 Å². The number of sulfonamides is 1. The van der Waals surface area contributed by atoms with E-state index < -0.39 is 22.5 Å².